The quantitative estimate of drug-likeness (QED) is 0.665. The molecule has 1 aromatic rings. The molecule has 0 aromatic heterocycles. The lowest BCUT2D eigenvalue weighted by Gasteiger charge is -2.22. The zero-order valence-corrected chi connectivity index (χ0v) is 10.8. The number of rotatable bonds is 2. The molecule has 0 atom stereocenters. The summed E-state index contributed by atoms with van der Waals surface area (Å²) < 4.78 is 15.3. The lowest BCUT2D eigenvalue weighted by Crippen LogP contribution is -2.47. The van der Waals surface area contributed by atoms with Crippen molar-refractivity contribution in [1.82, 2.24) is 4.90 Å². The van der Waals surface area contributed by atoms with Crippen molar-refractivity contribution in [3.63, 3.8) is 0 Å². The van der Waals surface area contributed by atoms with Crippen LogP contribution in [-0.2, 0) is 18.9 Å². The van der Waals surface area contributed by atoms with Gasteiger partial charge in [-0.15, -0.1) is 0 Å². The minimum Gasteiger partial charge on any atom is -0.497 e. The normalized spacial score (nSPS) is 17.3. The molecule has 6 nitrogen and oxygen atoms in total. The van der Waals surface area contributed by atoms with Gasteiger partial charge in [-0.3, -0.25) is 14.5 Å². The number of carbonyl (C=O) groups is 2. The van der Waals surface area contributed by atoms with Gasteiger partial charge in [0.25, 0.3) is 0 Å². The highest BCUT2D eigenvalue weighted by atomic mass is 16.6. The van der Waals surface area contributed by atoms with E-state index in [2.05, 4.69) is 0 Å². The van der Waals surface area contributed by atoms with Gasteiger partial charge in [-0.05, 0) is 19.2 Å². The Labute approximate surface area is 111 Å². The molecule has 0 spiro atoms. The highest BCUT2D eigenvalue weighted by Gasteiger charge is 2.33. The maximum atomic E-state index is 11.6. The van der Waals surface area contributed by atoms with Gasteiger partial charge in [-0.2, -0.15) is 0 Å². The van der Waals surface area contributed by atoms with E-state index in [1.165, 1.54) is 4.90 Å². The van der Waals surface area contributed by atoms with E-state index in [1.807, 2.05) is 0 Å². The summed E-state index contributed by atoms with van der Waals surface area (Å²) in [5.41, 5.74) is 0.590. The average molecular weight is 263 g/mol. The summed E-state index contributed by atoms with van der Waals surface area (Å²) in [5.74, 6) is -0.196. The summed E-state index contributed by atoms with van der Waals surface area (Å²) in [4.78, 5) is 24.7. The van der Waals surface area contributed by atoms with E-state index >= 15 is 0 Å². The van der Waals surface area contributed by atoms with Gasteiger partial charge in [-0.1, -0.05) is 12.1 Å². The minimum atomic E-state index is -1.00. The van der Waals surface area contributed by atoms with Crippen molar-refractivity contribution >= 4 is 24.5 Å². The number of likely N-dealkylation sites (N-methyl/N-ethyl adjacent to an activating group) is 1. The zero-order valence-electron chi connectivity index (χ0n) is 10.8. The topological polar surface area (TPSA) is 65.1 Å². The maximum Gasteiger partial charge on any atom is 0.636 e. The van der Waals surface area contributed by atoms with Crippen LogP contribution in [0.25, 0.3) is 0 Å². The molecule has 0 unspecified atom stereocenters. The lowest BCUT2D eigenvalue weighted by atomic mass is 9.78. The number of benzene rings is 1. The average Bonchev–Trinajstić information content (AvgIpc) is 2.36. The molecule has 7 heteroatoms. The third-order valence-corrected chi connectivity index (χ3v) is 2.66. The van der Waals surface area contributed by atoms with Crippen molar-refractivity contribution in [3.8, 4) is 5.75 Å². The van der Waals surface area contributed by atoms with Crippen molar-refractivity contribution in [1.29, 1.82) is 0 Å². The fraction of sp³-hybridized carbons (Fsp3) is 0.333. The van der Waals surface area contributed by atoms with E-state index in [4.69, 9.17) is 14.0 Å². The molecule has 2 rings (SSSR count). The van der Waals surface area contributed by atoms with Crippen molar-refractivity contribution in [2.24, 2.45) is 0 Å². The lowest BCUT2D eigenvalue weighted by molar-refractivity contribution is -0.145. The van der Waals surface area contributed by atoms with Gasteiger partial charge in [0.15, 0.2) is 0 Å². The molecule has 100 valence electrons. The molecule has 0 amide bonds. The predicted molar refractivity (Wildman–Crippen MR) is 68.1 cm³/mol. The Bertz CT molecular complexity index is 456. The second-order valence-electron chi connectivity index (χ2n) is 4.26. The summed E-state index contributed by atoms with van der Waals surface area (Å²) in [5, 5.41) is 0. The second kappa shape index (κ2) is 5.75. The summed E-state index contributed by atoms with van der Waals surface area (Å²) in [6.07, 6.45) is 0. The molecule has 0 saturated carbocycles. The SMILES string of the molecule is COc1ccc(B2OC(=O)CN(C)CC(=O)O2)cc1. The van der Waals surface area contributed by atoms with Crippen LogP contribution in [0.1, 0.15) is 0 Å². The first-order chi connectivity index (χ1) is 9.08. The standard InChI is InChI=1S/C12H14BNO5/c1-14-7-11(15)18-13(19-12(16)8-14)9-3-5-10(17-2)6-4-9/h3-6H,7-8H2,1-2H3. The highest BCUT2D eigenvalue weighted by molar-refractivity contribution is 6.64. The smallest absolute Gasteiger partial charge is 0.497 e. The maximum absolute atomic E-state index is 11.6. The number of hydrogen-bond acceptors (Lipinski definition) is 6. The molecular weight excluding hydrogens is 249 g/mol. The number of ether oxygens (including phenoxy) is 1. The predicted octanol–water partition coefficient (Wildman–Crippen LogP) is -0.578. The van der Waals surface area contributed by atoms with Gasteiger partial charge in [0, 0.05) is 5.46 Å². The fourth-order valence-corrected chi connectivity index (χ4v) is 1.73. The Balaban J connectivity index is 2.16. The summed E-state index contributed by atoms with van der Waals surface area (Å²) >= 11 is 0. The van der Waals surface area contributed by atoms with E-state index in [9.17, 15) is 9.59 Å². The van der Waals surface area contributed by atoms with Crippen LogP contribution < -0.4 is 10.2 Å². The summed E-state index contributed by atoms with van der Waals surface area (Å²) in [6, 6.07) is 6.80. The molecule has 0 bridgehead atoms. The molecule has 0 aliphatic carbocycles. The van der Waals surface area contributed by atoms with Gasteiger partial charge in [-0.25, -0.2) is 0 Å². The van der Waals surface area contributed by atoms with Crippen LogP contribution in [0.3, 0.4) is 0 Å². The van der Waals surface area contributed by atoms with Crippen LogP contribution in [0.4, 0.5) is 0 Å². The molecule has 1 aromatic carbocycles. The monoisotopic (exact) mass is 263 g/mol. The Hall–Kier alpha value is -2.02. The minimum absolute atomic E-state index is 0.0573. The van der Waals surface area contributed by atoms with E-state index in [-0.39, 0.29) is 13.1 Å². The molecule has 1 fully saturated rings. The van der Waals surface area contributed by atoms with E-state index in [0.717, 1.165) is 0 Å². The first-order valence-electron chi connectivity index (χ1n) is 5.80. The molecular formula is C12H14BNO5. The second-order valence-corrected chi connectivity index (χ2v) is 4.26. The Morgan fingerprint density at radius 3 is 2.11 bits per heavy atom. The number of hydrogen-bond donors (Lipinski definition) is 0. The third-order valence-electron chi connectivity index (χ3n) is 2.66. The van der Waals surface area contributed by atoms with Gasteiger partial charge in [0.05, 0.1) is 20.2 Å². The van der Waals surface area contributed by atoms with Crippen molar-refractivity contribution < 1.29 is 23.6 Å². The first kappa shape index (κ1) is 13.4. The molecule has 1 aliphatic heterocycles. The van der Waals surface area contributed by atoms with Crippen molar-refractivity contribution in [2.75, 3.05) is 27.2 Å². The Morgan fingerprint density at radius 1 is 1.11 bits per heavy atom. The van der Waals surface area contributed by atoms with Crippen molar-refractivity contribution in [3.05, 3.63) is 24.3 Å². The van der Waals surface area contributed by atoms with E-state index in [0.29, 0.717) is 11.2 Å². The summed E-state index contributed by atoms with van der Waals surface area (Å²) in [6.45, 7) is 0.115. The van der Waals surface area contributed by atoms with Crippen LogP contribution in [0.5, 0.6) is 5.75 Å². The van der Waals surface area contributed by atoms with Gasteiger partial charge < -0.3 is 14.0 Å². The number of carbonyl (C=O) groups excluding carboxylic acids is 2. The van der Waals surface area contributed by atoms with Gasteiger partial charge in [0.2, 0.25) is 0 Å². The number of nitrogens with zero attached hydrogens (tertiary/aromatic N) is 1. The van der Waals surface area contributed by atoms with Crippen molar-refractivity contribution in [2.45, 2.75) is 0 Å². The zero-order chi connectivity index (χ0) is 13.8. The molecule has 0 radical (unpaired) electrons. The van der Waals surface area contributed by atoms with E-state index < -0.39 is 19.1 Å². The van der Waals surface area contributed by atoms with E-state index in [1.54, 1.807) is 38.4 Å². The van der Waals surface area contributed by atoms with Crippen LogP contribution in [0, 0.1) is 0 Å². The third kappa shape index (κ3) is 3.48. The molecule has 0 N–H and O–H groups in total. The van der Waals surface area contributed by atoms with Crippen LogP contribution in [0.15, 0.2) is 24.3 Å². The molecule has 1 heterocycles. The molecule has 1 saturated heterocycles. The van der Waals surface area contributed by atoms with Crippen LogP contribution in [-0.4, -0.2) is 51.2 Å². The fourth-order valence-electron chi connectivity index (χ4n) is 1.73. The van der Waals surface area contributed by atoms with Gasteiger partial charge >= 0.3 is 19.1 Å². The highest BCUT2D eigenvalue weighted by Crippen LogP contribution is 2.08. The van der Waals surface area contributed by atoms with Crippen LogP contribution >= 0.6 is 0 Å². The summed E-state index contributed by atoms with van der Waals surface area (Å²) in [7, 11) is 2.20. The number of methoxy groups -OCH3 is 1. The largest absolute Gasteiger partial charge is 0.636 e. The first-order valence-corrected chi connectivity index (χ1v) is 5.80. The van der Waals surface area contributed by atoms with Gasteiger partial charge in [0.1, 0.15) is 5.75 Å². The van der Waals surface area contributed by atoms with Crippen LogP contribution in [0.2, 0.25) is 0 Å². The molecule has 1 aliphatic rings. The molecule has 19 heavy (non-hydrogen) atoms. The Morgan fingerprint density at radius 2 is 1.63 bits per heavy atom. The Kier molecular flexibility index (Phi) is 4.06.